The Hall–Kier alpha value is -5.52. The van der Waals surface area contributed by atoms with Crippen molar-refractivity contribution in [1.82, 2.24) is 9.13 Å². The van der Waals surface area contributed by atoms with E-state index in [-0.39, 0.29) is 81.4 Å². The molecule has 0 amide bonds. The monoisotopic (exact) mass is 766 g/mol. The Kier molecular flexibility index (Phi) is 9.83. The van der Waals surface area contributed by atoms with Gasteiger partial charge in [0.2, 0.25) is 0 Å². The summed E-state index contributed by atoms with van der Waals surface area (Å²) in [6.45, 7) is 12.7. The number of esters is 2. The Morgan fingerprint density at radius 1 is 0.661 bits per heavy atom. The average Bonchev–Trinajstić information content (AvgIpc) is 3.65. The first-order chi connectivity index (χ1) is 26.6. The molecule has 4 aromatic rings. The summed E-state index contributed by atoms with van der Waals surface area (Å²) in [4.78, 5) is 50.0. The SMILES string of the molecule is CCOC(=O)c1cn2c(cc1=O)-c1cc(OC)c(O)cc1[C@@H]1CCC(C)(C)[C@@H]12.CCOC(=O)c1cn2c(cc1=O)-c1cc(OC)c(O)cc1[C@H]1CCC(C)(C)[C@H]12. The first-order valence-electron chi connectivity index (χ1n) is 19.3. The highest BCUT2D eigenvalue weighted by Crippen LogP contribution is 2.61. The van der Waals surface area contributed by atoms with E-state index in [4.69, 9.17) is 18.9 Å². The second-order valence-corrected chi connectivity index (χ2v) is 16.5. The van der Waals surface area contributed by atoms with Crippen molar-refractivity contribution in [2.45, 2.75) is 91.1 Å². The number of aromatic nitrogens is 2. The van der Waals surface area contributed by atoms with Crippen LogP contribution >= 0.6 is 0 Å². The van der Waals surface area contributed by atoms with Crippen LogP contribution in [0.1, 0.15) is 123 Å². The molecule has 4 atom stereocenters. The van der Waals surface area contributed by atoms with Crippen molar-refractivity contribution in [3.8, 4) is 45.5 Å². The van der Waals surface area contributed by atoms with Gasteiger partial charge in [0.25, 0.3) is 0 Å². The van der Waals surface area contributed by atoms with Crippen LogP contribution in [0.25, 0.3) is 22.5 Å². The van der Waals surface area contributed by atoms with E-state index in [1.165, 1.54) is 26.4 Å². The van der Waals surface area contributed by atoms with Crippen molar-refractivity contribution in [1.29, 1.82) is 0 Å². The number of rotatable bonds is 6. The maximum Gasteiger partial charge on any atom is 0.343 e. The summed E-state index contributed by atoms with van der Waals surface area (Å²) in [5.74, 6) is 0.116. The predicted molar refractivity (Wildman–Crippen MR) is 210 cm³/mol. The summed E-state index contributed by atoms with van der Waals surface area (Å²) in [7, 11) is 3.01. The lowest BCUT2D eigenvalue weighted by Gasteiger charge is -2.39. The van der Waals surface area contributed by atoms with Gasteiger partial charge >= 0.3 is 11.9 Å². The highest BCUT2D eigenvalue weighted by Gasteiger charge is 2.49. The fraction of sp³-hybridized carbons (Fsp3) is 0.455. The maximum absolute atomic E-state index is 12.7. The molecule has 4 aliphatic rings. The van der Waals surface area contributed by atoms with E-state index >= 15 is 0 Å². The van der Waals surface area contributed by atoms with Gasteiger partial charge < -0.3 is 38.3 Å². The Bertz CT molecular complexity index is 2210. The molecule has 2 aliphatic heterocycles. The number of benzene rings is 2. The van der Waals surface area contributed by atoms with Crippen molar-refractivity contribution < 1.29 is 38.7 Å². The van der Waals surface area contributed by atoms with E-state index in [1.807, 2.05) is 0 Å². The summed E-state index contributed by atoms with van der Waals surface area (Å²) < 4.78 is 24.9. The molecule has 2 saturated carbocycles. The summed E-state index contributed by atoms with van der Waals surface area (Å²) in [6, 6.07) is 10.3. The molecule has 2 aromatic carbocycles. The number of ether oxygens (including phenoxy) is 4. The van der Waals surface area contributed by atoms with Gasteiger partial charge in [0.05, 0.1) is 38.8 Å². The topological polar surface area (TPSA) is 156 Å². The first-order valence-corrected chi connectivity index (χ1v) is 19.3. The van der Waals surface area contributed by atoms with Gasteiger partial charge in [-0.2, -0.15) is 0 Å². The zero-order valence-corrected chi connectivity index (χ0v) is 33.2. The average molecular weight is 767 g/mol. The van der Waals surface area contributed by atoms with Crippen LogP contribution < -0.4 is 20.3 Å². The van der Waals surface area contributed by atoms with Crippen molar-refractivity contribution in [3.63, 3.8) is 0 Å². The van der Waals surface area contributed by atoms with Crippen molar-refractivity contribution in [2.24, 2.45) is 10.8 Å². The fourth-order valence-electron chi connectivity index (χ4n) is 9.82. The minimum absolute atomic E-state index is 0.0202. The number of carbonyl (C=O) groups excluding carboxylic acids is 2. The predicted octanol–water partition coefficient (Wildman–Crippen LogP) is 7.73. The van der Waals surface area contributed by atoms with Gasteiger partial charge in [-0.15, -0.1) is 0 Å². The number of carbonyl (C=O) groups is 2. The minimum Gasteiger partial charge on any atom is -0.504 e. The number of pyridine rings is 2. The highest BCUT2D eigenvalue weighted by molar-refractivity contribution is 5.90. The molecule has 296 valence electrons. The van der Waals surface area contributed by atoms with Gasteiger partial charge in [0.15, 0.2) is 33.9 Å². The molecule has 12 heteroatoms. The number of aromatic hydroxyl groups is 2. The van der Waals surface area contributed by atoms with Gasteiger partial charge in [-0.1, -0.05) is 27.7 Å². The zero-order valence-electron chi connectivity index (χ0n) is 33.2. The third kappa shape index (κ3) is 6.23. The van der Waals surface area contributed by atoms with Gasteiger partial charge in [-0.3, -0.25) is 9.59 Å². The maximum atomic E-state index is 12.7. The number of hydrogen-bond acceptors (Lipinski definition) is 10. The van der Waals surface area contributed by atoms with E-state index in [2.05, 4.69) is 36.8 Å². The number of hydrogen-bond donors (Lipinski definition) is 2. The molecule has 12 nitrogen and oxygen atoms in total. The molecule has 2 N–H and O–H groups in total. The summed E-state index contributed by atoms with van der Waals surface area (Å²) in [5, 5.41) is 20.7. The van der Waals surface area contributed by atoms with E-state index in [0.29, 0.717) is 11.5 Å². The molecular formula is C44H50N2O10. The van der Waals surface area contributed by atoms with E-state index in [0.717, 1.165) is 59.3 Å². The lowest BCUT2D eigenvalue weighted by molar-refractivity contribution is 0.0513. The number of methoxy groups -OCH3 is 2. The number of fused-ring (bicyclic) bond motifs is 12. The normalized spacial score (nSPS) is 21.4. The molecule has 0 spiro atoms. The minimum atomic E-state index is -0.593. The second-order valence-electron chi connectivity index (χ2n) is 16.5. The second kappa shape index (κ2) is 14.2. The molecule has 4 heterocycles. The molecule has 0 saturated heterocycles. The van der Waals surface area contributed by atoms with Crippen LogP contribution in [-0.2, 0) is 9.47 Å². The summed E-state index contributed by atoms with van der Waals surface area (Å²) in [6.07, 6.45) is 7.27. The lowest BCUT2D eigenvalue weighted by atomic mass is 9.77. The summed E-state index contributed by atoms with van der Waals surface area (Å²) in [5.41, 5.74) is 4.60. The van der Waals surface area contributed by atoms with Crippen LogP contribution in [0.3, 0.4) is 0 Å². The molecule has 0 bridgehead atoms. The quantitative estimate of drug-likeness (QED) is 0.186. The van der Waals surface area contributed by atoms with Crippen molar-refractivity contribution in [2.75, 3.05) is 27.4 Å². The molecule has 0 unspecified atom stereocenters. The standard InChI is InChI=1S/2C22H25NO5/c2*1-5-28-21(26)15-11-23-16(10-17(15)24)14-9-19(27-4)18(25)8-13(14)12-6-7-22(2,3)20(12)23/h2*8-12,20,25H,5-7H2,1-4H3/t2*12-,20+/m10/s1. The Labute approximate surface area is 325 Å². The van der Waals surface area contributed by atoms with E-state index in [1.54, 1.807) is 50.5 Å². The first kappa shape index (κ1) is 38.7. The van der Waals surface area contributed by atoms with Crippen LogP contribution in [0, 0.1) is 10.8 Å². The molecular weight excluding hydrogens is 716 g/mol. The molecule has 2 aromatic heterocycles. The van der Waals surface area contributed by atoms with Crippen LogP contribution in [0.15, 0.2) is 58.4 Å². The zero-order chi connectivity index (χ0) is 40.4. The third-order valence-electron chi connectivity index (χ3n) is 12.4. The molecule has 0 radical (unpaired) electrons. The van der Waals surface area contributed by atoms with Gasteiger partial charge in [0.1, 0.15) is 11.1 Å². The molecule has 2 aliphatic carbocycles. The highest BCUT2D eigenvalue weighted by atomic mass is 16.5. The smallest absolute Gasteiger partial charge is 0.343 e. The van der Waals surface area contributed by atoms with Gasteiger partial charge in [0, 0.05) is 59.6 Å². The molecule has 56 heavy (non-hydrogen) atoms. The summed E-state index contributed by atoms with van der Waals surface area (Å²) >= 11 is 0. The molecule has 2 fully saturated rings. The van der Waals surface area contributed by atoms with Crippen LogP contribution in [0.5, 0.6) is 23.0 Å². The van der Waals surface area contributed by atoms with Crippen molar-refractivity contribution >= 4 is 11.9 Å². The Morgan fingerprint density at radius 2 is 1.04 bits per heavy atom. The van der Waals surface area contributed by atoms with Crippen LogP contribution in [0.2, 0.25) is 0 Å². The van der Waals surface area contributed by atoms with E-state index in [9.17, 15) is 29.4 Å². The Morgan fingerprint density at radius 3 is 1.38 bits per heavy atom. The number of phenols is 2. The largest absolute Gasteiger partial charge is 0.504 e. The van der Waals surface area contributed by atoms with E-state index < -0.39 is 11.9 Å². The van der Waals surface area contributed by atoms with Crippen molar-refractivity contribution in [3.05, 3.63) is 91.5 Å². The molecule has 8 rings (SSSR count). The van der Waals surface area contributed by atoms with Crippen LogP contribution in [0.4, 0.5) is 0 Å². The van der Waals surface area contributed by atoms with Gasteiger partial charge in [-0.25, -0.2) is 9.59 Å². The Balaban J connectivity index is 0.000000172. The fourth-order valence-corrected chi connectivity index (χ4v) is 9.82. The number of phenolic OH excluding ortho intramolecular Hbond substituents is 2. The van der Waals surface area contributed by atoms with Gasteiger partial charge in [-0.05, 0) is 85.8 Å². The van der Waals surface area contributed by atoms with Crippen LogP contribution in [-0.4, -0.2) is 58.7 Å². The lowest BCUT2D eigenvalue weighted by Crippen LogP contribution is -2.32. The third-order valence-corrected chi connectivity index (χ3v) is 12.4. The number of nitrogens with zero attached hydrogens (tertiary/aromatic N) is 2.